The molecule has 1 aliphatic heterocycles. The quantitative estimate of drug-likeness (QED) is 0.534. The number of anilines is 1. The van der Waals surface area contributed by atoms with Crippen LogP contribution in [0.15, 0.2) is 55.2 Å². The zero-order valence-electron chi connectivity index (χ0n) is 14.6. The van der Waals surface area contributed by atoms with Crippen LogP contribution in [0.4, 0.5) is 5.82 Å². The van der Waals surface area contributed by atoms with Crippen LogP contribution in [0.25, 0.3) is 5.65 Å². The molecule has 5 heterocycles. The maximum atomic E-state index is 5.83. The topological polar surface area (TPSA) is 86.3 Å². The monoisotopic (exact) mass is 362 g/mol. The lowest BCUT2D eigenvalue weighted by Crippen LogP contribution is -2.39. The summed E-state index contributed by atoms with van der Waals surface area (Å²) >= 11 is 0. The van der Waals surface area contributed by atoms with Gasteiger partial charge in [-0.1, -0.05) is 0 Å². The number of pyridine rings is 1. The lowest BCUT2D eigenvalue weighted by Gasteiger charge is -2.34. The first-order valence-electron chi connectivity index (χ1n) is 8.84. The molecule has 0 bridgehead atoms. The first kappa shape index (κ1) is 15.7. The maximum Gasteiger partial charge on any atom is 0.177 e. The fourth-order valence-electron chi connectivity index (χ4n) is 3.41. The summed E-state index contributed by atoms with van der Waals surface area (Å²) < 4.78 is 9.62. The molecule has 0 fully saturated rings. The van der Waals surface area contributed by atoms with Crippen molar-refractivity contribution in [3.05, 3.63) is 60.9 Å². The summed E-state index contributed by atoms with van der Waals surface area (Å²) in [4.78, 5) is 6.33. The van der Waals surface area contributed by atoms with Crippen LogP contribution in [0.1, 0.15) is 18.2 Å². The lowest BCUT2D eigenvalue weighted by molar-refractivity contribution is 0.260. The summed E-state index contributed by atoms with van der Waals surface area (Å²) in [6.45, 7) is 2.17. The number of aromatic nitrogens is 7. The molecule has 9 nitrogen and oxygen atoms in total. The summed E-state index contributed by atoms with van der Waals surface area (Å²) in [5.41, 5.74) is 1.90. The average molecular weight is 362 g/mol. The molecule has 0 amide bonds. The van der Waals surface area contributed by atoms with E-state index >= 15 is 0 Å². The molecule has 4 aromatic heterocycles. The van der Waals surface area contributed by atoms with Crippen molar-refractivity contribution in [3.8, 4) is 5.75 Å². The Bertz CT molecular complexity index is 1040. The van der Waals surface area contributed by atoms with Crippen LogP contribution in [0, 0.1) is 0 Å². The van der Waals surface area contributed by atoms with Gasteiger partial charge < -0.3 is 9.64 Å². The van der Waals surface area contributed by atoms with Crippen LogP contribution in [0.3, 0.4) is 0 Å². The molecule has 0 aliphatic carbocycles. The van der Waals surface area contributed by atoms with Crippen molar-refractivity contribution in [2.24, 2.45) is 0 Å². The van der Waals surface area contributed by atoms with Crippen LogP contribution in [0.5, 0.6) is 5.75 Å². The van der Waals surface area contributed by atoms with E-state index < -0.39 is 0 Å². The Morgan fingerprint density at radius 3 is 3.07 bits per heavy atom. The molecule has 27 heavy (non-hydrogen) atoms. The summed E-state index contributed by atoms with van der Waals surface area (Å²) in [6.07, 6.45) is 7.78. The fraction of sp³-hybridized carbons (Fsp3) is 0.278. The molecule has 136 valence electrons. The molecule has 5 rings (SSSR count). The van der Waals surface area contributed by atoms with Gasteiger partial charge in [0.1, 0.15) is 17.9 Å². The Hall–Kier alpha value is -3.49. The maximum absolute atomic E-state index is 5.83. The SMILES string of the molecule is c1cncc(OCC[C@@H]2CN(c3ccc4nncn4n3)Cc3ccnn32)c1. The second kappa shape index (κ2) is 6.67. The third-order valence-corrected chi connectivity index (χ3v) is 4.71. The van der Waals surface area contributed by atoms with Crippen molar-refractivity contribution in [2.75, 3.05) is 18.1 Å². The van der Waals surface area contributed by atoms with Crippen molar-refractivity contribution in [2.45, 2.75) is 19.0 Å². The first-order valence-corrected chi connectivity index (χ1v) is 8.84. The second-order valence-corrected chi connectivity index (χ2v) is 6.45. The minimum absolute atomic E-state index is 0.207. The minimum atomic E-state index is 0.207. The second-order valence-electron chi connectivity index (χ2n) is 6.45. The molecule has 0 N–H and O–H groups in total. The number of rotatable bonds is 5. The number of hydrogen-bond donors (Lipinski definition) is 0. The van der Waals surface area contributed by atoms with E-state index in [1.54, 1.807) is 23.2 Å². The van der Waals surface area contributed by atoms with E-state index in [2.05, 4.69) is 41.0 Å². The first-order chi connectivity index (χ1) is 13.4. The average Bonchev–Trinajstić information content (AvgIpc) is 3.37. The van der Waals surface area contributed by atoms with E-state index in [0.717, 1.165) is 36.7 Å². The minimum Gasteiger partial charge on any atom is -0.492 e. The van der Waals surface area contributed by atoms with Gasteiger partial charge in [0.2, 0.25) is 0 Å². The third kappa shape index (κ3) is 3.07. The van der Waals surface area contributed by atoms with Crippen LogP contribution >= 0.6 is 0 Å². The fourth-order valence-corrected chi connectivity index (χ4v) is 3.41. The van der Waals surface area contributed by atoms with Crippen molar-refractivity contribution in [1.82, 2.24) is 34.6 Å². The molecule has 1 atom stereocenters. The van der Waals surface area contributed by atoms with Gasteiger partial charge in [-0.05, 0) is 30.3 Å². The van der Waals surface area contributed by atoms with Gasteiger partial charge in [-0.25, -0.2) is 0 Å². The molecular formula is C18H18N8O. The van der Waals surface area contributed by atoms with Gasteiger partial charge in [0.25, 0.3) is 0 Å². The molecule has 9 heteroatoms. The molecule has 0 radical (unpaired) electrons. The van der Waals surface area contributed by atoms with E-state index in [1.165, 1.54) is 5.69 Å². The van der Waals surface area contributed by atoms with Crippen molar-refractivity contribution in [1.29, 1.82) is 0 Å². The van der Waals surface area contributed by atoms with Crippen LogP contribution in [0.2, 0.25) is 0 Å². The summed E-state index contributed by atoms with van der Waals surface area (Å²) in [5.74, 6) is 1.68. The van der Waals surface area contributed by atoms with Crippen molar-refractivity contribution < 1.29 is 4.74 Å². The highest BCUT2D eigenvalue weighted by Crippen LogP contribution is 2.26. The number of hydrogen-bond acceptors (Lipinski definition) is 7. The predicted molar refractivity (Wildman–Crippen MR) is 97.4 cm³/mol. The van der Waals surface area contributed by atoms with Gasteiger partial charge in [0.05, 0.1) is 31.1 Å². The Balaban J connectivity index is 1.34. The van der Waals surface area contributed by atoms with Crippen LogP contribution in [-0.4, -0.2) is 47.7 Å². The largest absolute Gasteiger partial charge is 0.492 e. The lowest BCUT2D eigenvalue weighted by atomic mass is 10.1. The third-order valence-electron chi connectivity index (χ3n) is 4.71. The van der Waals surface area contributed by atoms with Gasteiger partial charge in [-0.2, -0.15) is 9.61 Å². The standard InChI is InChI=1S/C18H18N8O/c1-2-16(10-19-7-1)27-9-6-15-12-24(11-14-5-8-21-26(14)15)18-4-3-17-22-20-13-25(17)23-18/h1-5,7-8,10,13,15H,6,9,11-12H2/t15-/m1/s1. The number of fused-ring (bicyclic) bond motifs is 2. The zero-order valence-corrected chi connectivity index (χ0v) is 14.6. The van der Waals surface area contributed by atoms with E-state index in [4.69, 9.17) is 4.74 Å². The van der Waals surface area contributed by atoms with Crippen molar-refractivity contribution in [3.63, 3.8) is 0 Å². The van der Waals surface area contributed by atoms with E-state index in [9.17, 15) is 0 Å². The van der Waals surface area contributed by atoms with Crippen molar-refractivity contribution >= 4 is 11.5 Å². The summed E-state index contributed by atoms with van der Waals surface area (Å²) in [6, 6.07) is 9.96. The Kier molecular flexibility index (Phi) is 3.89. The summed E-state index contributed by atoms with van der Waals surface area (Å²) in [5, 5.41) is 17.0. The molecule has 4 aromatic rings. The van der Waals surface area contributed by atoms with E-state index in [-0.39, 0.29) is 6.04 Å². The Morgan fingerprint density at radius 1 is 1.15 bits per heavy atom. The Labute approximate surface area is 155 Å². The van der Waals surface area contributed by atoms with Crippen LogP contribution < -0.4 is 9.64 Å². The predicted octanol–water partition coefficient (Wildman–Crippen LogP) is 1.75. The number of ether oxygens (including phenoxy) is 1. The molecule has 0 saturated heterocycles. The highest BCUT2D eigenvalue weighted by Gasteiger charge is 2.26. The normalized spacial score (nSPS) is 16.4. The smallest absolute Gasteiger partial charge is 0.177 e. The molecule has 0 saturated carbocycles. The van der Waals surface area contributed by atoms with Gasteiger partial charge in [0.15, 0.2) is 5.65 Å². The van der Waals surface area contributed by atoms with Gasteiger partial charge >= 0.3 is 0 Å². The highest BCUT2D eigenvalue weighted by molar-refractivity contribution is 5.46. The molecule has 0 spiro atoms. The van der Waals surface area contributed by atoms with E-state index in [1.807, 2.05) is 30.5 Å². The molecule has 0 aromatic carbocycles. The molecule has 1 aliphatic rings. The molecule has 0 unspecified atom stereocenters. The summed E-state index contributed by atoms with van der Waals surface area (Å²) in [7, 11) is 0. The number of nitrogens with zero attached hydrogens (tertiary/aromatic N) is 8. The highest BCUT2D eigenvalue weighted by atomic mass is 16.5. The van der Waals surface area contributed by atoms with Gasteiger partial charge in [-0.15, -0.1) is 15.3 Å². The Morgan fingerprint density at radius 2 is 2.15 bits per heavy atom. The molecular weight excluding hydrogens is 344 g/mol. The van der Waals surface area contributed by atoms with Gasteiger partial charge in [0, 0.05) is 25.4 Å². The zero-order chi connectivity index (χ0) is 18.1. The van der Waals surface area contributed by atoms with E-state index in [0.29, 0.717) is 6.61 Å². The van der Waals surface area contributed by atoms with Crippen LogP contribution in [-0.2, 0) is 6.54 Å². The van der Waals surface area contributed by atoms with Gasteiger partial charge in [-0.3, -0.25) is 9.67 Å².